The number of carbonyl (C=O) groups is 2. The van der Waals surface area contributed by atoms with Gasteiger partial charge in [-0.15, -0.1) is 0 Å². The van der Waals surface area contributed by atoms with Crippen LogP contribution in [0.5, 0.6) is 0 Å². The van der Waals surface area contributed by atoms with Crippen LogP contribution in [-0.4, -0.2) is 63.5 Å². The molecule has 2 aliphatic rings. The lowest BCUT2D eigenvalue weighted by molar-refractivity contribution is -0.143. The number of hydrogen-bond donors (Lipinski definition) is 0. The number of morpholine rings is 1. The Morgan fingerprint density at radius 2 is 1.93 bits per heavy atom. The van der Waals surface area contributed by atoms with Crippen molar-refractivity contribution in [1.29, 1.82) is 0 Å². The lowest BCUT2D eigenvalue weighted by Crippen LogP contribution is -2.59. The van der Waals surface area contributed by atoms with Gasteiger partial charge in [-0.1, -0.05) is 17.7 Å². The van der Waals surface area contributed by atoms with Crippen LogP contribution in [-0.2, 0) is 9.53 Å². The third-order valence-corrected chi connectivity index (χ3v) is 5.21. The van der Waals surface area contributed by atoms with Gasteiger partial charge in [0.2, 0.25) is 0 Å². The third-order valence-electron chi connectivity index (χ3n) is 5.00. The summed E-state index contributed by atoms with van der Waals surface area (Å²) in [6, 6.07) is 5.01. The minimum Gasteiger partial charge on any atom is -0.363 e. The van der Waals surface area contributed by atoms with Gasteiger partial charge in [0, 0.05) is 13.1 Å². The van der Waals surface area contributed by atoms with Crippen LogP contribution in [0.15, 0.2) is 36.9 Å². The second-order valence-corrected chi connectivity index (χ2v) is 7.07. The SMILES string of the molecule is O=C(c1cccc(Cl)n1)N1CCC2(CC1)CN(c1cncnc1)C(=O)CO2. The Bertz CT molecular complexity index is 855. The van der Waals surface area contributed by atoms with Crippen molar-refractivity contribution in [1.82, 2.24) is 19.9 Å². The van der Waals surface area contributed by atoms with Crippen molar-refractivity contribution in [2.75, 3.05) is 31.1 Å². The van der Waals surface area contributed by atoms with Gasteiger partial charge in [-0.25, -0.2) is 15.0 Å². The minimum absolute atomic E-state index is 0.0126. The second-order valence-electron chi connectivity index (χ2n) is 6.69. The number of nitrogens with zero attached hydrogens (tertiary/aromatic N) is 5. The van der Waals surface area contributed by atoms with Crippen molar-refractivity contribution in [3.05, 3.63) is 47.8 Å². The molecule has 2 amide bonds. The maximum Gasteiger partial charge on any atom is 0.272 e. The number of carbonyl (C=O) groups excluding carboxylic acids is 2. The summed E-state index contributed by atoms with van der Waals surface area (Å²) in [5.41, 5.74) is 0.524. The van der Waals surface area contributed by atoms with Crippen molar-refractivity contribution in [2.24, 2.45) is 0 Å². The van der Waals surface area contributed by atoms with E-state index in [1.54, 1.807) is 40.4 Å². The van der Waals surface area contributed by atoms with Crippen LogP contribution in [0, 0.1) is 0 Å². The monoisotopic (exact) mass is 387 g/mol. The van der Waals surface area contributed by atoms with Crippen molar-refractivity contribution in [3.63, 3.8) is 0 Å². The highest BCUT2D eigenvalue weighted by Crippen LogP contribution is 2.32. The van der Waals surface area contributed by atoms with Gasteiger partial charge in [0.1, 0.15) is 23.8 Å². The smallest absolute Gasteiger partial charge is 0.272 e. The molecular formula is C18H18ClN5O3. The first kappa shape index (κ1) is 17.8. The molecule has 140 valence electrons. The van der Waals surface area contributed by atoms with E-state index >= 15 is 0 Å². The molecule has 27 heavy (non-hydrogen) atoms. The molecule has 0 saturated carbocycles. The second kappa shape index (κ2) is 7.21. The Balaban J connectivity index is 1.45. The first-order valence-electron chi connectivity index (χ1n) is 8.68. The topological polar surface area (TPSA) is 88.5 Å². The number of pyridine rings is 1. The number of ether oxygens (including phenoxy) is 1. The fourth-order valence-corrected chi connectivity index (χ4v) is 3.65. The van der Waals surface area contributed by atoms with E-state index in [-0.39, 0.29) is 18.4 Å². The zero-order valence-electron chi connectivity index (χ0n) is 14.5. The summed E-state index contributed by atoms with van der Waals surface area (Å²) in [5, 5.41) is 0.296. The molecule has 2 aliphatic heterocycles. The summed E-state index contributed by atoms with van der Waals surface area (Å²) >= 11 is 5.88. The van der Waals surface area contributed by atoms with E-state index in [0.29, 0.717) is 49.0 Å². The number of hydrogen-bond acceptors (Lipinski definition) is 6. The van der Waals surface area contributed by atoms with Crippen molar-refractivity contribution < 1.29 is 14.3 Å². The summed E-state index contributed by atoms with van der Waals surface area (Å²) in [6.07, 6.45) is 5.94. The zero-order chi connectivity index (χ0) is 18.9. The molecule has 8 nitrogen and oxygen atoms in total. The average molecular weight is 388 g/mol. The summed E-state index contributed by atoms with van der Waals surface area (Å²) in [6.45, 7) is 1.50. The molecule has 1 spiro atoms. The Labute approximate surface area is 161 Å². The molecule has 0 radical (unpaired) electrons. The van der Waals surface area contributed by atoms with Crippen LogP contribution in [0.25, 0.3) is 0 Å². The molecule has 4 rings (SSSR count). The van der Waals surface area contributed by atoms with Gasteiger partial charge in [-0.3, -0.25) is 9.59 Å². The van der Waals surface area contributed by atoms with Gasteiger partial charge in [0.25, 0.3) is 11.8 Å². The summed E-state index contributed by atoms with van der Waals surface area (Å²) < 4.78 is 5.92. The maximum absolute atomic E-state index is 12.6. The minimum atomic E-state index is -0.470. The standard InChI is InChI=1S/C18H18ClN5O3/c19-15-3-1-2-14(22-15)17(26)23-6-4-18(5-7-23)11-24(16(25)10-27-18)13-8-20-12-21-9-13/h1-3,8-9,12H,4-7,10-11H2. The summed E-state index contributed by atoms with van der Waals surface area (Å²) in [4.78, 5) is 40.4. The predicted octanol–water partition coefficient (Wildman–Crippen LogP) is 1.56. The number of aromatic nitrogens is 3. The number of rotatable bonds is 2. The lowest BCUT2D eigenvalue weighted by atomic mass is 9.89. The number of anilines is 1. The number of likely N-dealkylation sites (tertiary alicyclic amines) is 1. The van der Waals surface area contributed by atoms with E-state index in [4.69, 9.17) is 16.3 Å². The molecule has 9 heteroatoms. The fourth-order valence-electron chi connectivity index (χ4n) is 3.49. The van der Waals surface area contributed by atoms with Crippen LogP contribution in [0.2, 0.25) is 5.15 Å². The molecular weight excluding hydrogens is 370 g/mol. The van der Waals surface area contributed by atoms with Crippen molar-refractivity contribution in [3.8, 4) is 0 Å². The van der Waals surface area contributed by atoms with Crippen LogP contribution in [0.3, 0.4) is 0 Å². The summed E-state index contributed by atoms with van der Waals surface area (Å²) in [7, 11) is 0. The van der Waals surface area contributed by atoms with Crippen LogP contribution in [0.4, 0.5) is 5.69 Å². The van der Waals surface area contributed by atoms with Gasteiger partial charge < -0.3 is 14.5 Å². The quantitative estimate of drug-likeness (QED) is 0.727. The molecule has 0 atom stereocenters. The molecule has 0 aliphatic carbocycles. The highest BCUT2D eigenvalue weighted by molar-refractivity contribution is 6.29. The summed E-state index contributed by atoms with van der Waals surface area (Å²) in [5.74, 6) is -0.260. The molecule has 0 bridgehead atoms. The van der Waals surface area contributed by atoms with E-state index in [0.717, 1.165) is 0 Å². The predicted molar refractivity (Wildman–Crippen MR) is 97.5 cm³/mol. The molecule has 0 unspecified atom stereocenters. The van der Waals surface area contributed by atoms with Gasteiger partial charge in [-0.2, -0.15) is 0 Å². The molecule has 4 heterocycles. The molecule has 0 N–H and O–H groups in total. The Morgan fingerprint density at radius 3 is 2.63 bits per heavy atom. The first-order chi connectivity index (χ1) is 13.1. The first-order valence-corrected chi connectivity index (χ1v) is 9.05. The van der Waals surface area contributed by atoms with E-state index < -0.39 is 5.60 Å². The number of halogens is 1. The Hall–Kier alpha value is -2.58. The highest BCUT2D eigenvalue weighted by Gasteiger charge is 2.43. The number of piperidine rings is 1. The maximum atomic E-state index is 12.6. The third kappa shape index (κ3) is 3.63. The largest absolute Gasteiger partial charge is 0.363 e. The molecule has 2 aromatic heterocycles. The van der Waals surface area contributed by atoms with E-state index in [2.05, 4.69) is 15.0 Å². The highest BCUT2D eigenvalue weighted by atomic mass is 35.5. The zero-order valence-corrected chi connectivity index (χ0v) is 15.3. The Morgan fingerprint density at radius 1 is 1.19 bits per heavy atom. The van der Waals surface area contributed by atoms with Gasteiger partial charge >= 0.3 is 0 Å². The van der Waals surface area contributed by atoms with E-state index in [1.807, 2.05) is 0 Å². The molecule has 2 aromatic rings. The van der Waals surface area contributed by atoms with E-state index in [9.17, 15) is 9.59 Å². The van der Waals surface area contributed by atoms with Crippen LogP contribution >= 0.6 is 11.6 Å². The molecule has 0 aromatic carbocycles. The van der Waals surface area contributed by atoms with Gasteiger partial charge in [0.05, 0.1) is 30.2 Å². The fraction of sp³-hybridized carbons (Fsp3) is 0.389. The van der Waals surface area contributed by atoms with Crippen LogP contribution in [0.1, 0.15) is 23.3 Å². The van der Waals surface area contributed by atoms with Crippen LogP contribution < -0.4 is 4.90 Å². The normalized spacial score (nSPS) is 19.4. The lowest BCUT2D eigenvalue weighted by Gasteiger charge is -2.46. The molecule has 2 saturated heterocycles. The van der Waals surface area contributed by atoms with Crippen molar-refractivity contribution >= 4 is 29.1 Å². The Kier molecular flexibility index (Phi) is 4.75. The average Bonchev–Trinajstić information content (AvgIpc) is 2.71. The van der Waals surface area contributed by atoms with Gasteiger partial charge in [0.15, 0.2) is 0 Å². The van der Waals surface area contributed by atoms with Gasteiger partial charge in [-0.05, 0) is 25.0 Å². The molecule has 2 fully saturated rings. The number of amides is 2. The van der Waals surface area contributed by atoms with Crippen molar-refractivity contribution in [2.45, 2.75) is 18.4 Å². The van der Waals surface area contributed by atoms with E-state index in [1.165, 1.54) is 6.33 Å².